The third kappa shape index (κ3) is 2.02. The molecule has 1 N–H and O–H groups in total. The van der Waals surface area contributed by atoms with Gasteiger partial charge in [-0.25, -0.2) is 4.39 Å². The van der Waals surface area contributed by atoms with Gasteiger partial charge in [0.25, 0.3) is 0 Å². The van der Waals surface area contributed by atoms with E-state index in [1.54, 1.807) is 0 Å². The van der Waals surface area contributed by atoms with E-state index in [9.17, 15) is 9.50 Å². The molecule has 0 unspecified atom stereocenters. The Morgan fingerprint density at radius 2 is 1.54 bits per heavy atom. The molecule has 0 amide bonds. The highest BCUT2D eigenvalue weighted by molar-refractivity contribution is 4.93. The lowest BCUT2D eigenvalue weighted by Crippen LogP contribution is -2.32. The first kappa shape index (κ1) is 10.9. The molecule has 0 aliphatic carbocycles. The Labute approximate surface area is 79.1 Å². The SMILES string of the molecule is CC(C)[C@H]1O[C@@H](C(C)C)[C@@H](F)[C@H]1O. The highest BCUT2D eigenvalue weighted by atomic mass is 19.1. The maximum absolute atomic E-state index is 13.5. The van der Waals surface area contributed by atoms with Gasteiger partial charge in [-0.15, -0.1) is 0 Å². The molecule has 1 rings (SSSR count). The van der Waals surface area contributed by atoms with Crippen LogP contribution in [0, 0.1) is 11.8 Å². The fourth-order valence-electron chi connectivity index (χ4n) is 1.79. The molecule has 4 atom stereocenters. The predicted octanol–water partition coefficient (Wildman–Crippen LogP) is 1.76. The van der Waals surface area contributed by atoms with Crippen LogP contribution >= 0.6 is 0 Å². The number of ether oxygens (including phenoxy) is 1. The van der Waals surface area contributed by atoms with Gasteiger partial charge in [0.15, 0.2) is 6.17 Å². The first-order chi connectivity index (χ1) is 5.95. The fourth-order valence-corrected chi connectivity index (χ4v) is 1.79. The molecule has 78 valence electrons. The Balaban J connectivity index is 2.66. The summed E-state index contributed by atoms with van der Waals surface area (Å²) in [6, 6.07) is 0. The van der Waals surface area contributed by atoms with Crippen molar-refractivity contribution in [1.29, 1.82) is 0 Å². The summed E-state index contributed by atoms with van der Waals surface area (Å²) < 4.78 is 19.0. The average molecular weight is 190 g/mol. The topological polar surface area (TPSA) is 29.5 Å². The zero-order chi connectivity index (χ0) is 10.2. The minimum atomic E-state index is -1.23. The van der Waals surface area contributed by atoms with Gasteiger partial charge in [-0.05, 0) is 11.8 Å². The van der Waals surface area contributed by atoms with Gasteiger partial charge in [-0.3, -0.25) is 0 Å². The molecule has 3 heteroatoms. The van der Waals surface area contributed by atoms with Crippen LogP contribution in [0.5, 0.6) is 0 Å². The Kier molecular flexibility index (Phi) is 3.30. The van der Waals surface area contributed by atoms with E-state index in [1.165, 1.54) is 0 Å². The lowest BCUT2D eigenvalue weighted by molar-refractivity contribution is -0.0310. The zero-order valence-electron chi connectivity index (χ0n) is 8.70. The van der Waals surface area contributed by atoms with E-state index >= 15 is 0 Å². The summed E-state index contributed by atoms with van der Waals surface area (Å²) in [5.74, 6) is 0.283. The van der Waals surface area contributed by atoms with Crippen molar-refractivity contribution in [1.82, 2.24) is 0 Å². The smallest absolute Gasteiger partial charge is 0.155 e. The van der Waals surface area contributed by atoms with Gasteiger partial charge in [0, 0.05) is 0 Å². The summed E-state index contributed by atoms with van der Waals surface area (Å²) in [5.41, 5.74) is 0. The van der Waals surface area contributed by atoms with Crippen molar-refractivity contribution < 1.29 is 14.2 Å². The summed E-state index contributed by atoms with van der Waals surface area (Å²) >= 11 is 0. The lowest BCUT2D eigenvalue weighted by Gasteiger charge is -2.18. The number of aliphatic hydroxyl groups excluding tert-OH is 1. The fraction of sp³-hybridized carbons (Fsp3) is 1.00. The third-order valence-electron chi connectivity index (χ3n) is 2.61. The first-order valence-corrected chi connectivity index (χ1v) is 4.92. The van der Waals surface area contributed by atoms with Gasteiger partial charge in [-0.1, -0.05) is 27.7 Å². The molecule has 0 radical (unpaired) electrons. The molecule has 0 aromatic rings. The molecule has 1 fully saturated rings. The maximum atomic E-state index is 13.5. The van der Waals surface area contributed by atoms with Gasteiger partial charge >= 0.3 is 0 Å². The van der Waals surface area contributed by atoms with Gasteiger partial charge in [0.05, 0.1) is 12.2 Å². The third-order valence-corrected chi connectivity index (χ3v) is 2.61. The predicted molar refractivity (Wildman–Crippen MR) is 49.2 cm³/mol. The van der Waals surface area contributed by atoms with Crippen molar-refractivity contribution >= 4 is 0 Å². The van der Waals surface area contributed by atoms with Crippen LogP contribution in [0.1, 0.15) is 27.7 Å². The van der Waals surface area contributed by atoms with Crippen LogP contribution in [0.4, 0.5) is 4.39 Å². The van der Waals surface area contributed by atoms with E-state index in [4.69, 9.17) is 4.74 Å². The number of aliphatic hydroxyl groups is 1. The summed E-state index contributed by atoms with van der Waals surface area (Å²) in [5, 5.41) is 9.55. The van der Waals surface area contributed by atoms with Crippen LogP contribution < -0.4 is 0 Å². The minimum absolute atomic E-state index is 0.119. The van der Waals surface area contributed by atoms with Crippen molar-refractivity contribution in [2.75, 3.05) is 0 Å². The highest BCUT2D eigenvalue weighted by Gasteiger charge is 2.46. The van der Waals surface area contributed by atoms with Crippen LogP contribution in [-0.2, 0) is 4.74 Å². The molecule has 0 spiro atoms. The number of hydrogen-bond acceptors (Lipinski definition) is 2. The summed E-state index contributed by atoms with van der Waals surface area (Å²) in [6.45, 7) is 7.69. The van der Waals surface area contributed by atoms with Crippen molar-refractivity contribution in [2.24, 2.45) is 11.8 Å². The zero-order valence-corrected chi connectivity index (χ0v) is 8.70. The Morgan fingerprint density at radius 3 is 1.77 bits per heavy atom. The molecule has 0 aromatic heterocycles. The number of alkyl halides is 1. The van der Waals surface area contributed by atoms with Crippen LogP contribution in [0.15, 0.2) is 0 Å². The molecule has 2 nitrogen and oxygen atoms in total. The minimum Gasteiger partial charge on any atom is -0.387 e. The Morgan fingerprint density at radius 1 is 1.08 bits per heavy atom. The summed E-state index contributed by atoms with van der Waals surface area (Å²) in [7, 11) is 0. The lowest BCUT2D eigenvalue weighted by atomic mass is 9.97. The number of halogens is 1. The monoisotopic (exact) mass is 190 g/mol. The van der Waals surface area contributed by atoms with Crippen molar-refractivity contribution in [3.05, 3.63) is 0 Å². The summed E-state index contributed by atoms with van der Waals surface area (Å²) in [6.07, 6.45) is -2.97. The van der Waals surface area contributed by atoms with E-state index < -0.39 is 18.4 Å². The second-order valence-corrected chi connectivity index (χ2v) is 4.49. The van der Waals surface area contributed by atoms with E-state index in [0.29, 0.717) is 0 Å². The van der Waals surface area contributed by atoms with Gasteiger partial charge in [0.2, 0.25) is 0 Å². The first-order valence-electron chi connectivity index (χ1n) is 4.92. The van der Waals surface area contributed by atoms with Crippen LogP contribution in [-0.4, -0.2) is 29.6 Å². The van der Waals surface area contributed by atoms with E-state index in [2.05, 4.69) is 0 Å². The van der Waals surface area contributed by atoms with Crippen molar-refractivity contribution in [3.63, 3.8) is 0 Å². The molecule has 13 heavy (non-hydrogen) atoms. The van der Waals surface area contributed by atoms with Gasteiger partial charge in [0.1, 0.15) is 6.10 Å². The second-order valence-electron chi connectivity index (χ2n) is 4.49. The average Bonchev–Trinajstić information content (AvgIpc) is 2.29. The molecular weight excluding hydrogens is 171 g/mol. The van der Waals surface area contributed by atoms with Gasteiger partial charge in [-0.2, -0.15) is 0 Å². The van der Waals surface area contributed by atoms with E-state index in [1.807, 2.05) is 27.7 Å². The molecule has 0 saturated carbocycles. The number of rotatable bonds is 2. The summed E-state index contributed by atoms with van der Waals surface area (Å²) in [4.78, 5) is 0. The van der Waals surface area contributed by atoms with Crippen LogP contribution in [0.3, 0.4) is 0 Å². The van der Waals surface area contributed by atoms with E-state index in [0.717, 1.165) is 0 Å². The highest BCUT2D eigenvalue weighted by Crippen LogP contribution is 2.32. The van der Waals surface area contributed by atoms with Crippen LogP contribution in [0.2, 0.25) is 0 Å². The van der Waals surface area contributed by atoms with Crippen molar-refractivity contribution in [3.8, 4) is 0 Å². The van der Waals surface area contributed by atoms with Crippen LogP contribution in [0.25, 0.3) is 0 Å². The Bertz CT molecular complexity index is 152. The molecule has 0 aromatic carbocycles. The standard InChI is InChI=1S/C10H19FO2/c1-5(2)9-7(11)8(12)10(13-9)6(3)4/h5-10,12H,1-4H3/t7-,8+,9-,10+/m0/s1. The molecular formula is C10H19FO2. The van der Waals surface area contributed by atoms with E-state index in [-0.39, 0.29) is 17.9 Å². The molecule has 1 heterocycles. The Hall–Kier alpha value is -0.150. The largest absolute Gasteiger partial charge is 0.387 e. The second kappa shape index (κ2) is 3.93. The normalized spacial score (nSPS) is 40.6. The molecule has 0 bridgehead atoms. The quantitative estimate of drug-likeness (QED) is 0.719. The molecule has 1 aliphatic rings. The number of hydrogen-bond donors (Lipinski definition) is 1. The molecule has 1 aliphatic heterocycles. The molecule has 1 saturated heterocycles. The van der Waals surface area contributed by atoms with Crippen molar-refractivity contribution in [2.45, 2.75) is 52.2 Å². The van der Waals surface area contributed by atoms with Gasteiger partial charge < -0.3 is 9.84 Å². The maximum Gasteiger partial charge on any atom is 0.155 e.